The molecule has 0 bridgehead atoms. The standard InChI is InChI=1S/C12H8Cl2N2O3S/c1-5-15-4-9(20-5)11(17)16-10-7(13)2-6(12(18)19)3-8(10)14/h2-4H,1H3,(H,16,17)(H,18,19). The summed E-state index contributed by atoms with van der Waals surface area (Å²) in [6.45, 7) is 1.78. The molecule has 0 radical (unpaired) electrons. The predicted molar refractivity (Wildman–Crippen MR) is 78.2 cm³/mol. The van der Waals surface area contributed by atoms with Crippen LogP contribution in [0.15, 0.2) is 18.3 Å². The minimum absolute atomic E-state index is 0.0494. The quantitative estimate of drug-likeness (QED) is 0.899. The van der Waals surface area contributed by atoms with Gasteiger partial charge in [0.1, 0.15) is 4.88 Å². The summed E-state index contributed by atoms with van der Waals surface area (Å²) in [6, 6.07) is 2.45. The van der Waals surface area contributed by atoms with E-state index in [1.807, 2.05) is 0 Å². The zero-order chi connectivity index (χ0) is 14.9. The first kappa shape index (κ1) is 14.8. The molecule has 2 N–H and O–H groups in total. The van der Waals surface area contributed by atoms with Gasteiger partial charge >= 0.3 is 5.97 Å². The second-order valence-electron chi connectivity index (χ2n) is 3.82. The van der Waals surface area contributed by atoms with E-state index in [9.17, 15) is 9.59 Å². The Hall–Kier alpha value is -1.63. The van der Waals surface area contributed by atoms with Crippen LogP contribution in [0.2, 0.25) is 10.0 Å². The average Bonchev–Trinajstić information content (AvgIpc) is 2.80. The van der Waals surface area contributed by atoms with Gasteiger partial charge < -0.3 is 10.4 Å². The van der Waals surface area contributed by atoms with Crippen LogP contribution in [0.1, 0.15) is 25.0 Å². The highest BCUT2D eigenvalue weighted by atomic mass is 35.5. The first-order valence-electron chi connectivity index (χ1n) is 5.34. The molecule has 1 heterocycles. The Labute approximate surface area is 128 Å². The maximum atomic E-state index is 12.0. The van der Waals surface area contributed by atoms with Gasteiger partial charge in [0.25, 0.3) is 5.91 Å². The van der Waals surface area contributed by atoms with Gasteiger partial charge in [0.05, 0.1) is 32.5 Å². The number of hydrogen-bond acceptors (Lipinski definition) is 4. The number of aryl methyl sites for hydroxylation is 1. The van der Waals surface area contributed by atoms with Gasteiger partial charge in [0.15, 0.2) is 0 Å². The van der Waals surface area contributed by atoms with Gasteiger partial charge in [0.2, 0.25) is 0 Å². The van der Waals surface area contributed by atoms with Crippen LogP contribution in [0.4, 0.5) is 5.69 Å². The van der Waals surface area contributed by atoms with E-state index in [0.717, 1.165) is 5.01 Å². The van der Waals surface area contributed by atoms with Crippen LogP contribution in [0, 0.1) is 6.92 Å². The number of halogens is 2. The van der Waals surface area contributed by atoms with Crippen molar-refractivity contribution < 1.29 is 14.7 Å². The molecule has 0 aliphatic heterocycles. The maximum Gasteiger partial charge on any atom is 0.335 e. The minimum atomic E-state index is -1.15. The number of nitrogens with one attached hydrogen (secondary N) is 1. The lowest BCUT2D eigenvalue weighted by Gasteiger charge is -2.09. The second kappa shape index (κ2) is 5.78. The lowest BCUT2D eigenvalue weighted by atomic mass is 10.2. The summed E-state index contributed by atoms with van der Waals surface area (Å²) in [4.78, 5) is 27.2. The fraction of sp³-hybridized carbons (Fsp3) is 0.0833. The van der Waals surface area contributed by atoms with E-state index in [-0.39, 0.29) is 21.3 Å². The number of amides is 1. The molecule has 2 rings (SSSR count). The third-order valence-electron chi connectivity index (χ3n) is 2.37. The van der Waals surface area contributed by atoms with Crippen molar-refractivity contribution >= 4 is 52.1 Å². The van der Waals surface area contributed by atoms with Gasteiger partial charge in [-0.2, -0.15) is 0 Å². The van der Waals surface area contributed by atoms with Crippen LogP contribution in [-0.2, 0) is 0 Å². The Balaban J connectivity index is 2.30. The molecule has 1 aromatic carbocycles. The van der Waals surface area contributed by atoms with E-state index in [0.29, 0.717) is 4.88 Å². The van der Waals surface area contributed by atoms with Crippen LogP contribution in [-0.4, -0.2) is 22.0 Å². The van der Waals surface area contributed by atoms with Crippen LogP contribution in [0.3, 0.4) is 0 Å². The number of aromatic carboxylic acids is 1. The van der Waals surface area contributed by atoms with Gasteiger partial charge in [-0.1, -0.05) is 23.2 Å². The number of anilines is 1. The molecule has 0 fully saturated rings. The van der Waals surface area contributed by atoms with Gasteiger partial charge in [0, 0.05) is 0 Å². The minimum Gasteiger partial charge on any atom is -0.478 e. The Morgan fingerprint density at radius 3 is 2.35 bits per heavy atom. The van der Waals surface area contributed by atoms with Crippen molar-refractivity contribution in [1.29, 1.82) is 0 Å². The largest absolute Gasteiger partial charge is 0.478 e. The van der Waals surface area contributed by atoms with Crippen molar-refractivity contribution in [2.75, 3.05) is 5.32 Å². The summed E-state index contributed by atoms with van der Waals surface area (Å²) in [5, 5.41) is 12.3. The van der Waals surface area contributed by atoms with Gasteiger partial charge in [-0.25, -0.2) is 9.78 Å². The fourth-order valence-electron chi connectivity index (χ4n) is 1.46. The summed E-state index contributed by atoms with van der Waals surface area (Å²) < 4.78 is 0. The average molecular weight is 331 g/mol. The molecular formula is C12H8Cl2N2O3S. The highest BCUT2D eigenvalue weighted by molar-refractivity contribution is 7.13. The number of carbonyl (C=O) groups is 2. The van der Waals surface area contributed by atoms with E-state index in [1.54, 1.807) is 6.92 Å². The number of thiazole rings is 1. The first-order valence-corrected chi connectivity index (χ1v) is 6.92. The summed E-state index contributed by atoms with van der Waals surface area (Å²) >= 11 is 13.1. The Morgan fingerprint density at radius 1 is 1.30 bits per heavy atom. The van der Waals surface area contributed by atoms with Crippen molar-refractivity contribution in [3.05, 3.63) is 43.8 Å². The number of carbonyl (C=O) groups excluding carboxylic acids is 1. The lowest BCUT2D eigenvalue weighted by Crippen LogP contribution is -2.11. The number of aromatic nitrogens is 1. The molecular weight excluding hydrogens is 323 g/mol. The van der Waals surface area contributed by atoms with Crippen molar-refractivity contribution in [2.45, 2.75) is 6.92 Å². The maximum absolute atomic E-state index is 12.0. The van der Waals surface area contributed by atoms with E-state index in [2.05, 4.69) is 10.3 Å². The number of benzene rings is 1. The second-order valence-corrected chi connectivity index (χ2v) is 5.87. The van der Waals surface area contributed by atoms with Crippen LogP contribution >= 0.6 is 34.5 Å². The molecule has 5 nitrogen and oxygen atoms in total. The normalized spacial score (nSPS) is 10.3. The molecule has 0 saturated heterocycles. The van der Waals surface area contributed by atoms with Crippen molar-refractivity contribution in [3.63, 3.8) is 0 Å². The molecule has 0 unspecified atom stereocenters. The van der Waals surface area contributed by atoms with Crippen molar-refractivity contribution in [2.24, 2.45) is 0 Å². The molecule has 0 atom stereocenters. The summed E-state index contributed by atoms with van der Waals surface area (Å²) in [5.41, 5.74) is 0.126. The number of carboxylic acids is 1. The van der Waals surface area contributed by atoms with Gasteiger partial charge in [-0.3, -0.25) is 4.79 Å². The number of nitrogens with zero attached hydrogens (tertiary/aromatic N) is 1. The van der Waals surface area contributed by atoms with E-state index in [1.165, 1.54) is 29.7 Å². The van der Waals surface area contributed by atoms with Gasteiger partial charge in [-0.15, -0.1) is 11.3 Å². The first-order chi connectivity index (χ1) is 9.38. The van der Waals surface area contributed by atoms with E-state index < -0.39 is 11.9 Å². The smallest absolute Gasteiger partial charge is 0.335 e. The van der Waals surface area contributed by atoms with Crippen molar-refractivity contribution in [1.82, 2.24) is 4.98 Å². The molecule has 104 valence electrons. The molecule has 8 heteroatoms. The molecule has 0 aliphatic rings. The lowest BCUT2D eigenvalue weighted by molar-refractivity contribution is 0.0696. The molecule has 0 aliphatic carbocycles. The highest BCUT2D eigenvalue weighted by Crippen LogP contribution is 2.32. The van der Waals surface area contributed by atoms with E-state index in [4.69, 9.17) is 28.3 Å². The molecule has 2 aromatic rings. The molecule has 1 amide bonds. The highest BCUT2D eigenvalue weighted by Gasteiger charge is 2.16. The zero-order valence-electron chi connectivity index (χ0n) is 10.1. The van der Waals surface area contributed by atoms with Gasteiger partial charge in [-0.05, 0) is 19.1 Å². The number of carboxylic acid groups (broad SMARTS) is 1. The topological polar surface area (TPSA) is 79.3 Å². The predicted octanol–water partition coefficient (Wildman–Crippen LogP) is 3.71. The van der Waals surface area contributed by atoms with Crippen LogP contribution < -0.4 is 5.32 Å². The third kappa shape index (κ3) is 3.09. The number of hydrogen-bond donors (Lipinski definition) is 2. The summed E-state index contributed by atoms with van der Waals surface area (Å²) in [7, 11) is 0. The molecule has 1 aromatic heterocycles. The Bertz CT molecular complexity index is 677. The molecule has 20 heavy (non-hydrogen) atoms. The zero-order valence-corrected chi connectivity index (χ0v) is 12.4. The molecule has 0 saturated carbocycles. The van der Waals surface area contributed by atoms with Crippen LogP contribution in [0.5, 0.6) is 0 Å². The third-order valence-corrected chi connectivity index (χ3v) is 3.88. The van der Waals surface area contributed by atoms with Crippen LogP contribution in [0.25, 0.3) is 0 Å². The molecule has 0 spiro atoms. The Kier molecular flexibility index (Phi) is 4.27. The van der Waals surface area contributed by atoms with E-state index >= 15 is 0 Å². The summed E-state index contributed by atoms with van der Waals surface area (Å²) in [6.07, 6.45) is 1.45. The monoisotopic (exact) mass is 330 g/mol. The fourth-order valence-corrected chi connectivity index (χ4v) is 2.71. The Morgan fingerprint density at radius 2 is 1.90 bits per heavy atom. The SMILES string of the molecule is Cc1ncc(C(=O)Nc2c(Cl)cc(C(=O)O)cc2Cl)s1. The van der Waals surface area contributed by atoms with Crippen molar-refractivity contribution in [3.8, 4) is 0 Å². The summed E-state index contributed by atoms with van der Waals surface area (Å²) in [5.74, 6) is -1.55. The number of rotatable bonds is 3.